The summed E-state index contributed by atoms with van der Waals surface area (Å²) in [6.45, 7) is 7.38. The molecule has 0 aromatic heterocycles. The molecule has 2 N–H and O–H groups in total. The van der Waals surface area contributed by atoms with Crippen LogP contribution < -0.4 is 5.32 Å². The molecule has 1 heterocycles. The van der Waals surface area contributed by atoms with Gasteiger partial charge in [0, 0.05) is 31.9 Å². The van der Waals surface area contributed by atoms with Crippen LogP contribution in [-0.2, 0) is 13.0 Å². The van der Waals surface area contributed by atoms with Gasteiger partial charge >= 0.3 is 0 Å². The average Bonchev–Trinajstić information content (AvgIpc) is 2.77. The lowest BCUT2D eigenvalue weighted by Gasteiger charge is -2.19. The third kappa shape index (κ3) is 3.08. The topological polar surface area (TPSA) is 35.5 Å². The zero-order valence-electron chi connectivity index (χ0n) is 10.2. The Balaban J connectivity index is 2.03. The van der Waals surface area contributed by atoms with Gasteiger partial charge in [0.15, 0.2) is 0 Å². The van der Waals surface area contributed by atoms with Gasteiger partial charge in [-0.25, -0.2) is 0 Å². The number of aliphatic hydroxyl groups is 1. The molecule has 1 aliphatic heterocycles. The fourth-order valence-electron chi connectivity index (χ4n) is 2.27. The Morgan fingerprint density at radius 2 is 2.35 bits per heavy atom. The molecule has 1 aromatic rings. The molecule has 17 heavy (non-hydrogen) atoms. The quantitative estimate of drug-likeness (QED) is 0.732. The number of nitrogens with zero attached hydrogens (tertiary/aromatic N) is 1. The first-order valence-corrected chi connectivity index (χ1v) is 6.13. The van der Waals surface area contributed by atoms with E-state index in [0.29, 0.717) is 6.54 Å². The molecule has 0 radical (unpaired) electrons. The molecule has 2 rings (SSSR count). The van der Waals surface area contributed by atoms with E-state index < -0.39 is 0 Å². The Hall–Kier alpha value is -1.32. The second kappa shape index (κ2) is 5.84. The summed E-state index contributed by atoms with van der Waals surface area (Å²) in [6.07, 6.45) is 3.00. The van der Waals surface area contributed by atoms with E-state index in [-0.39, 0.29) is 6.61 Å². The van der Waals surface area contributed by atoms with Crippen molar-refractivity contribution in [1.82, 2.24) is 4.90 Å². The minimum absolute atomic E-state index is 0.195. The number of rotatable bonds is 6. The SMILES string of the molecule is C=CCN(CCO)Cc1ccc2c(c1)CCN2. The molecule has 3 heteroatoms. The van der Waals surface area contributed by atoms with E-state index >= 15 is 0 Å². The summed E-state index contributed by atoms with van der Waals surface area (Å²) in [5.41, 5.74) is 3.99. The smallest absolute Gasteiger partial charge is 0.0558 e. The first-order chi connectivity index (χ1) is 8.33. The molecule has 0 spiro atoms. The molecule has 0 aliphatic carbocycles. The summed E-state index contributed by atoms with van der Waals surface area (Å²) in [5, 5.41) is 12.4. The lowest BCUT2D eigenvalue weighted by molar-refractivity contribution is 0.203. The van der Waals surface area contributed by atoms with Crippen molar-refractivity contribution in [1.29, 1.82) is 0 Å². The lowest BCUT2D eigenvalue weighted by atomic mass is 10.1. The van der Waals surface area contributed by atoms with Gasteiger partial charge in [-0.15, -0.1) is 6.58 Å². The molecule has 0 unspecified atom stereocenters. The molecule has 0 atom stereocenters. The van der Waals surface area contributed by atoms with Crippen LogP contribution >= 0.6 is 0 Å². The highest BCUT2D eigenvalue weighted by Gasteiger charge is 2.11. The van der Waals surface area contributed by atoms with Crippen LogP contribution in [0.3, 0.4) is 0 Å². The number of hydrogen-bond acceptors (Lipinski definition) is 3. The highest BCUT2D eigenvalue weighted by Crippen LogP contribution is 2.23. The van der Waals surface area contributed by atoms with Crippen LogP contribution in [0.5, 0.6) is 0 Å². The van der Waals surface area contributed by atoms with Crippen LogP contribution in [0, 0.1) is 0 Å². The van der Waals surface area contributed by atoms with Crippen molar-refractivity contribution in [3.05, 3.63) is 42.0 Å². The van der Waals surface area contributed by atoms with E-state index in [1.807, 2.05) is 6.08 Å². The van der Waals surface area contributed by atoms with Crippen molar-refractivity contribution in [3.63, 3.8) is 0 Å². The standard InChI is InChI=1S/C14H20N2O/c1-2-7-16(8-9-17)11-12-3-4-14-13(10-12)5-6-15-14/h2-4,10,15,17H,1,5-9,11H2. The second-order valence-electron chi connectivity index (χ2n) is 4.42. The Morgan fingerprint density at radius 3 is 3.12 bits per heavy atom. The molecule has 0 fully saturated rings. The molecule has 0 saturated carbocycles. The summed E-state index contributed by atoms with van der Waals surface area (Å²) in [4.78, 5) is 2.19. The van der Waals surface area contributed by atoms with E-state index in [9.17, 15) is 0 Å². The van der Waals surface area contributed by atoms with Crippen LogP contribution in [0.15, 0.2) is 30.9 Å². The van der Waals surface area contributed by atoms with Crippen molar-refractivity contribution in [2.24, 2.45) is 0 Å². The van der Waals surface area contributed by atoms with Crippen molar-refractivity contribution >= 4 is 5.69 Å². The second-order valence-corrected chi connectivity index (χ2v) is 4.42. The largest absolute Gasteiger partial charge is 0.395 e. The van der Waals surface area contributed by atoms with E-state index in [0.717, 1.165) is 26.1 Å². The first kappa shape index (κ1) is 12.1. The van der Waals surface area contributed by atoms with Crippen LogP contribution in [-0.4, -0.2) is 36.2 Å². The number of benzene rings is 1. The monoisotopic (exact) mass is 232 g/mol. The predicted molar refractivity (Wildman–Crippen MR) is 71.2 cm³/mol. The fraction of sp³-hybridized carbons (Fsp3) is 0.429. The van der Waals surface area contributed by atoms with Gasteiger partial charge in [0.05, 0.1) is 6.61 Å². The molecular formula is C14H20N2O. The summed E-state index contributed by atoms with van der Waals surface area (Å²) in [7, 11) is 0. The Morgan fingerprint density at radius 1 is 1.47 bits per heavy atom. The van der Waals surface area contributed by atoms with Gasteiger partial charge in [0.2, 0.25) is 0 Å². The van der Waals surface area contributed by atoms with Gasteiger partial charge in [-0.2, -0.15) is 0 Å². The van der Waals surface area contributed by atoms with Gasteiger partial charge in [-0.3, -0.25) is 4.90 Å². The van der Waals surface area contributed by atoms with Gasteiger partial charge in [0.1, 0.15) is 0 Å². The van der Waals surface area contributed by atoms with Crippen LogP contribution in [0.25, 0.3) is 0 Å². The normalized spacial score (nSPS) is 13.5. The first-order valence-electron chi connectivity index (χ1n) is 6.13. The van der Waals surface area contributed by atoms with Crippen molar-refractivity contribution < 1.29 is 5.11 Å². The van der Waals surface area contributed by atoms with Crippen molar-refractivity contribution in [3.8, 4) is 0 Å². The number of hydrogen-bond donors (Lipinski definition) is 2. The van der Waals surface area contributed by atoms with E-state index in [1.54, 1.807) is 0 Å². The van der Waals surface area contributed by atoms with Crippen molar-refractivity contribution in [2.75, 3.05) is 31.6 Å². The Bertz CT molecular complexity index is 390. The Kier molecular flexibility index (Phi) is 4.18. The maximum absolute atomic E-state index is 9.01. The Labute approximate surface area is 103 Å². The van der Waals surface area contributed by atoms with E-state index in [2.05, 4.69) is 35.0 Å². The zero-order chi connectivity index (χ0) is 12.1. The number of anilines is 1. The summed E-state index contributed by atoms with van der Waals surface area (Å²) in [5.74, 6) is 0. The summed E-state index contributed by atoms with van der Waals surface area (Å²) in [6, 6.07) is 6.58. The molecule has 0 amide bonds. The highest BCUT2D eigenvalue weighted by atomic mass is 16.3. The molecule has 3 nitrogen and oxygen atoms in total. The molecule has 0 saturated heterocycles. The number of aliphatic hydroxyl groups excluding tert-OH is 1. The number of fused-ring (bicyclic) bond motifs is 1. The fourth-order valence-corrected chi connectivity index (χ4v) is 2.27. The number of nitrogens with one attached hydrogen (secondary N) is 1. The van der Waals surface area contributed by atoms with Gasteiger partial charge in [0.25, 0.3) is 0 Å². The maximum Gasteiger partial charge on any atom is 0.0558 e. The molecular weight excluding hydrogens is 212 g/mol. The minimum atomic E-state index is 0.195. The van der Waals surface area contributed by atoms with Gasteiger partial charge in [-0.1, -0.05) is 18.2 Å². The maximum atomic E-state index is 9.01. The van der Waals surface area contributed by atoms with Gasteiger partial charge < -0.3 is 10.4 Å². The van der Waals surface area contributed by atoms with Crippen LogP contribution in [0.2, 0.25) is 0 Å². The van der Waals surface area contributed by atoms with Crippen LogP contribution in [0.4, 0.5) is 5.69 Å². The minimum Gasteiger partial charge on any atom is -0.395 e. The van der Waals surface area contributed by atoms with E-state index in [4.69, 9.17) is 5.11 Å². The van der Waals surface area contributed by atoms with Crippen LogP contribution in [0.1, 0.15) is 11.1 Å². The summed E-state index contributed by atoms with van der Waals surface area (Å²) < 4.78 is 0. The molecule has 92 valence electrons. The average molecular weight is 232 g/mol. The van der Waals surface area contributed by atoms with Gasteiger partial charge in [-0.05, 0) is 23.6 Å². The molecule has 1 aliphatic rings. The summed E-state index contributed by atoms with van der Waals surface area (Å²) >= 11 is 0. The predicted octanol–water partition coefficient (Wildman–Crippen LogP) is 1.63. The molecule has 0 bridgehead atoms. The third-order valence-corrected chi connectivity index (χ3v) is 3.09. The zero-order valence-corrected chi connectivity index (χ0v) is 10.2. The molecule has 1 aromatic carbocycles. The third-order valence-electron chi connectivity index (χ3n) is 3.09. The highest BCUT2D eigenvalue weighted by molar-refractivity contribution is 5.56. The van der Waals surface area contributed by atoms with Crippen molar-refractivity contribution in [2.45, 2.75) is 13.0 Å². The lowest BCUT2D eigenvalue weighted by Crippen LogP contribution is -2.26. The van der Waals surface area contributed by atoms with E-state index in [1.165, 1.54) is 16.8 Å².